The summed E-state index contributed by atoms with van der Waals surface area (Å²) in [7, 11) is -3.38. The molecule has 1 fully saturated rings. The van der Waals surface area contributed by atoms with E-state index >= 15 is 0 Å². The van der Waals surface area contributed by atoms with E-state index in [4.69, 9.17) is 0 Å². The molecule has 1 aromatic carbocycles. The second-order valence-electron chi connectivity index (χ2n) is 6.64. The summed E-state index contributed by atoms with van der Waals surface area (Å²) in [5, 5.41) is 6.33. The molecule has 0 saturated carbocycles. The van der Waals surface area contributed by atoms with E-state index in [1.807, 2.05) is 44.2 Å². The van der Waals surface area contributed by atoms with Crippen molar-refractivity contribution in [3.05, 3.63) is 41.6 Å². The molecule has 1 saturated heterocycles. The Morgan fingerprint density at radius 2 is 1.74 bits per heavy atom. The molecule has 0 atom stereocenters. The van der Waals surface area contributed by atoms with Crippen LogP contribution in [-0.4, -0.2) is 48.9 Å². The average Bonchev–Trinajstić information content (AvgIpc) is 3.16. The topological polar surface area (TPSA) is 99.2 Å². The summed E-state index contributed by atoms with van der Waals surface area (Å²) in [5.41, 5.74) is 2.96. The monoisotopic (exact) mass is 390 g/mol. The van der Waals surface area contributed by atoms with Crippen molar-refractivity contribution in [3.63, 3.8) is 0 Å². The fraction of sp³-hybridized carbons (Fsp3) is 0.444. The molecule has 9 heteroatoms. The Morgan fingerprint density at radius 1 is 1.04 bits per heavy atom. The van der Waals surface area contributed by atoms with Gasteiger partial charge in [0.2, 0.25) is 5.95 Å². The predicted octanol–water partition coefficient (Wildman–Crippen LogP) is 2.18. The molecule has 0 spiro atoms. The lowest BCUT2D eigenvalue weighted by atomic mass is 10.2. The fourth-order valence-electron chi connectivity index (χ4n) is 2.87. The summed E-state index contributed by atoms with van der Waals surface area (Å²) >= 11 is 0. The molecule has 1 aliphatic rings. The molecule has 0 bridgehead atoms. The van der Waals surface area contributed by atoms with Crippen molar-refractivity contribution in [2.45, 2.75) is 26.7 Å². The molecule has 1 aromatic heterocycles. The third-order valence-corrected chi connectivity index (χ3v) is 5.89. The first-order valence-corrected chi connectivity index (χ1v) is 10.5. The highest BCUT2D eigenvalue weighted by Gasteiger charge is 2.24. The smallest absolute Gasteiger partial charge is 0.279 e. The minimum atomic E-state index is -3.38. The third kappa shape index (κ3) is 5.62. The zero-order valence-electron chi connectivity index (χ0n) is 15.7. The van der Waals surface area contributed by atoms with Crippen LogP contribution in [0.15, 0.2) is 30.3 Å². The first-order valence-electron chi connectivity index (χ1n) is 9.10. The predicted molar refractivity (Wildman–Crippen MR) is 107 cm³/mol. The van der Waals surface area contributed by atoms with Crippen molar-refractivity contribution in [2.24, 2.45) is 0 Å². The van der Waals surface area contributed by atoms with Crippen LogP contribution in [0.4, 0.5) is 17.5 Å². The SMILES string of the molecule is Cc1ccc(Nc2cc(C)nc(NCCNS(=O)(=O)N3CCCC3)n2)cc1. The van der Waals surface area contributed by atoms with Crippen molar-refractivity contribution in [3.8, 4) is 0 Å². The second kappa shape index (κ2) is 8.64. The Morgan fingerprint density at radius 3 is 2.44 bits per heavy atom. The summed E-state index contributed by atoms with van der Waals surface area (Å²) in [6, 6.07) is 9.91. The molecule has 2 heterocycles. The lowest BCUT2D eigenvalue weighted by molar-refractivity contribution is 0.466. The largest absolute Gasteiger partial charge is 0.353 e. The molecule has 3 rings (SSSR count). The van der Waals surface area contributed by atoms with E-state index in [2.05, 4.69) is 25.3 Å². The minimum Gasteiger partial charge on any atom is -0.353 e. The van der Waals surface area contributed by atoms with Crippen molar-refractivity contribution < 1.29 is 8.42 Å². The maximum absolute atomic E-state index is 12.1. The van der Waals surface area contributed by atoms with Gasteiger partial charge in [0, 0.05) is 43.6 Å². The molecule has 8 nitrogen and oxygen atoms in total. The van der Waals surface area contributed by atoms with Gasteiger partial charge >= 0.3 is 0 Å². The number of anilines is 3. The van der Waals surface area contributed by atoms with E-state index in [0.717, 1.165) is 24.2 Å². The van der Waals surface area contributed by atoms with Gasteiger partial charge in [-0.1, -0.05) is 17.7 Å². The number of benzene rings is 1. The van der Waals surface area contributed by atoms with E-state index in [9.17, 15) is 8.42 Å². The standard InChI is InChI=1S/C18H26N6O2S/c1-14-5-7-16(8-6-14)22-17-13-15(2)21-18(23-17)19-9-10-20-27(25,26)24-11-3-4-12-24/h5-8,13,20H,3-4,9-12H2,1-2H3,(H2,19,21,22,23). The highest BCUT2D eigenvalue weighted by atomic mass is 32.2. The number of aryl methyl sites for hydroxylation is 2. The first kappa shape index (κ1) is 19.5. The molecule has 0 aliphatic carbocycles. The number of nitrogens with one attached hydrogen (secondary N) is 3. The van der Waals surface area contributed by atoms with Crippen LogP contribution in [0.3, 0.4) is 0 Å². The molecule has 146 valence electrons. The van der Waals surface area contributed by atoms with Gasteiger partial charge < -0.3 is 10.6 Å². The maximum atomic E-state index is 12.1. The van der Waals surface area contributed by atoms with Gasteiger partial charge in [-0.15, -0.1) is 0 Å². The van der Waals surface area contributed by atoms with Crippen LogP contribution < -0.4 is 15.4 Å². The van der Waals surface area contributed by atoms with Crippen LogP contribution in [0, 0.1) is 13.8 Å². The summed E-state index contributed by atoms with van der Waals surface area (Å²) < 4.78 is 28.3. The summed E-state index contributed by atoms with van der Waals surface area (Å²) in [6.45, 7) is 5.80. The number of aromatic nitrogens is 2. The molecule has 27 heavy (non-hydrogen) atoms. The Hall–Kier alpha value is -2.23. The Kier molecular flexibility index (Phi) is 6.25. The van der Waals surface area contributed by atoms with Gasteiger partial charge in [-0.05, 0) is 38.8 Å². The van der Waals surface area contributed by atoms with Gasteiger partial charge in [0.05, 0.1) is 0 Å². The van der Waals surface area contributed by atoms with E-state index < -0.39 is 10.2 Å². The van der Waals surface area contributed by atoms with Crippen LogP contribution >= 0.6 is 0 Å². The Labute approximate surface area is 160 Å². The van der Waals surface area contributed by atoms with Crippen molar-refractivity contribution >= 4 is 27.7 Å². The van der Waals surface area contributed by atoms with Crippen molar-refractivity contribution in [2.75, 3.05) is 36.8 Å². The molecular formula is C18H26N6O2S. The van der Waals surface area contributed by atoms with Crippen LogP contribution in [0.2, 0.25) is 0 Å². The van der Waals surface area contributed by atoms with Crippen molar-refractivity contribution in [1.82, 2.24) is 19.0 Å². The lowest BCUT2D eigenvalue weighted by Gasteiger charge is -2.16. The second-order valence-corrected chi connectivity index (χ2v) is 8.40. The Balaban J connectivity index is 1.54. The van der Waals surface area contributed by atoms with E-state index in [0.29, 0.717) is 31.4 Å². The molecular weight excluding hydrogens is 364 g/mol. The average molecular weight is 391 g/mol. The number of rotatable bonds is 8. The van der Waals surface area contributed by atoms with Gasteiger partial charge in [0.1, 0.15) is 5.82 Å². The van der Waals surface area contributed by atoms with Gasteiger partial charge in [-0.25, -0.2) is 9.71 Å². The number of hydrogen-bond donors (Lipinski definition) is 3. The highest BCUT2D eigenvalue weighted by Crippen LogP contribution is 2.17. The van der Waals surface area contributed by atoms with Crippen LogP contribution in [-0.2, 0) is 10.2 Å². The number of nitrogens with zero attached hydrogens (tertiary/aromatic N) is 3. The van der Waals surface area contributed by atoms with Crippen LogP contribution in [0.25, 0.3) is 0 Å². The molecule has 0 radical (unpaired) electrons. The zero-order chi connectivity index (χ0) is 19.3. The minimum absolute atomic E-state index is 0.275. The Bertz CT molecular complexity index is 864. The summed E-state index contributed by atoms with van der Waals surface area (Å²) in [5.74, 6) is 1.15. The summed E-state index contributed by atoms with van der Waals surface area (Å²) in [6.07, 6.45) is 1.85. The molecule has 2 aromatic rings. The van der Waals surface area contributed by atoms with Gasteiger partial charge in [0.25, 0.3) is 10.2 Å². The van der Waals surface area contributed by atoms with E-state index in [1.54, 1.807) is 0 Å². The first-order chi connectivity index (χ1) is 12.9. The fourth-order valence-corrected chi connectivity index (χ4v) is 4.15. The molecule has 0 unspecified atom stereocenters. The number of hydrogen-bond acceptors (Lipinski definition) is 6. The van der Waals surface area contributed by atoms with Gasteiger partial charge in [0.15, 0.2) is 0 Å². The summed E-state index contributed by atoms with van der Waals surface area (Å²) in [4.78, 5) is 8.79. The maximum Gasteiger partial charge on any atom is 0.279 e. The van der Waals surface area contributed by atoms with E-state index in [1.165, 1.54) is 9.87 Å². The van der Waals surface area contributed by atoms with Gasteiger partial charge in [-0.3, -0.25) is 0 Å². The lowest BCUT2D eigenvalue weighted by Crippen LogP contribution is -2.40. The molecule has 3 N–H and O–H groups in total. The van der Waals surface area contributed by atoms with Crippen molar-refractivity contribution in [1.29, 1.82) is 0 Å². The van der Waals surface area contributed by atoms with Gasteiger partial charge in [-0.2, -0.15) is 17.7 Å². The zero-order valence-corrected chi connectivity index (χ0v) is 16.5. The normalized spacial score (nSPS) is 15.0. The quantitative estimate of drug-likeness (QED) is 0.598. The van der Waals surface area contributed by atoms with Crippen LogP contribution in [0.1, 0.15) is 24.1 Å². The molecule has 0 amide bonds. The molecule has 1 aliphatic heterocycles. The third-order valence-electron chi connectivity index (χ3n) is 4.28. The highest BCUT2D eigenvalue weighted by molar-refractivity contribution is 7.87. The van der Waals surface area contributed by atoms with Crippen LogP contribution in [0.5, 0.6) is 0 Å². The van der Waals surface area contributed by atoms with E-state index in [-0.39, 0.29) is 6.54 Å².